The average Bonchev–Trinajstić information content (AvgIpc) is 2.04. The number of rotatable bonds is 4. The summed E-state index contributed by atoms with van der Waals surface area (Å²) < 4.78 is 4.34. The first-order valence-corrected chi connectivity index (χ1v) is 3.50. The second-order valence-electron chi connectivity index (χ2n) is 2.03. The molecule has 0 aliphatic rings. The van der Waals surface area contributed by atoms with Crippen molar-refractivity contribution in [1.82, 2.24) is 5.32 Å². The summed E-state index contributed by atoms with van der Waals surface area (Å²) in [6.45, 7) is 0.578. The average molecular weight is 156 g/mol. The number of nitrogens with one attached hydrogen (secondary N) is 1. The van der Waals surface area contributed by atoms with Crippen molar-refractivity contribution < 1.29 is 9.53 Å². The molecule has 1 N–H and O–H groups in total. The number of carbonyl (C=O) groups is 1. The summed E-state index contributed by atoms with van der Waals surface area (Å²) in [5.74, 6) is 0. The Kier molecular flexibility index (Phi) is 6.10. The quantitative estimate of drug-likeness (QED) is 0.618. The van der Waals surface area contributed by atoms with Crippen LogP contribution in [0.25, 0.3) is 0 Å². The molecule has 0 aliphatic carbocycles. The molecular weight excluding hydrogens is 144 g/mol. The minimum absolute atomic E-state index is 0.415. The smallest absolute Gasteiger partial charge is 0.406 e. The van der Waals surface area contributed by atoms with Crippen molar-refractivity contribution in [2.45, 2.75) is 19.3 Å². The fraction of sp³-hybridized carbons (Fsp3) is 0.714. The summed E-state index contributed by atoms with van der Waals surface area (Å²) >= 11 is 0. The van der Waals surface area contributed by atoms with E-state index in [1.807, 2.05) is 6.07 Å². The van der Waals surface area contributed by atoms with E-state index in [9.17, 15) is 4.79 Å². The Bertz CT molecular complexity index is 151. The Balaban J connectivity index is 3.03. The summed E-state index contributed by atoms with van der Waals surface area (Å²) in [5.41, 5.74) is 0. The fourth-order valence-electron chi connectivity index (χ4n) is 0.592. The van der Waals surface area contributed by atoms with E-state index in [-0.39, 0.29) is 0 Å². The number of carbonyl (C=O) groups excluding carboxylic acids is 1. The van der Waals surface area contributed by atoms with Gasteiger partial charge in [0.25, 0.3) is 0 Å². The van der Waals surface area contributed by atoms with Gasteiger partial charge in [0.05, 0.1) is 13.2 Å². The molecule has 0 aromatic rings. The highest BCUT2D eigenvalue weighted by Gasteiger charge is 1.95. The summed E-state index contributed by atoms with van der Waals surface area (Å²) in [6, 6.07) is 2.03. The summed E-state index contributed by atoms with van der Waals surface area (Å²) in [6.07, 6.45) is 1.77. The van der Waals surface area contributed by atoms with Crippen LogP contribution in [0.1, 0.15) is 19.3 Å². The van der Waals surface area contributed by atoms with Gasteiger partial charge in [0.15, 0.2) is 0 Å². The van der Waals surface area contributed by atoms with Crippen LogP contribution in [0.5, 0.6) is 0 Å². The van der Waals surface area contributed by atoms with Gasteiger partial charge in [0.2, 0.25) is 0 Å². The minimum Gasteiger partial charge on any atom is -0.453 e. The number of ether oxygens (including phenoxy) is 1. The van der Waals surface area contributed by atoms with Crippen LogP contribution in [0.2, 0.25) is 0 Å². The molecule has 0 fully saturated rings. The minimum atomic E-state index is -0.415. The Morgan fingerprint density at radius 2 is 2.36 bits per heavy atom. The van der Waals surface area contributed by atoms with E-state index in [0.717, 1.165) is 12.8 Å². The number of alkyl carbamates (subject to hydrolysis) is 1. The van der Waals surface area contributed by atoms with E-state index >= 15 is 0 Å². The van der Waals surface area contributed by atoms with Crippen molar-refractivity contribution in [3.05, 3.63) is 0 Å². The Morgan fingerprint density at radius 1 is 1.64 bits per heavy atom. The lowest BCUT2D eigenvalue weighted by atomic mass is 10.2. The highest BCUT2D eigenvalue weighted by Crippen LogP contribution is 1.91. The second-order valence-corrected chi connectivity index (χ2v) is 2.03. The molecule has 62 valence electrons. The van der Waals surface area contributed by atoms with Crippen molar-refractivity contribution in [2.24, 2.45) is 0 Å². The highest BCUT2D eigenvalue weighted by molar-refractivity contribution is 5.66. The number of hydrogen-bond acceptors (Lipinski definition) is 3. The molecule has 0 unspecified atom stereocenters. The zero-order valence-corrected chi connectivity index (χ0v) is 6.59. The van der Waals surface area contributed by atoms with Crippen molar-refractivity contribution in [3.8, 4) is 6.07 Å². The van der Waals surface area contributed by atoms with Crippen LogP contribution >= 0.6 is 0 Å². The zero-order valence-electron chi connectivity index (χ0n) is 6.59. The summed E-state index contributed by atoms with van der Waals surface area (Å²) in [7, 11) is 1.32. The van der Waals surface area contributed by atoms with E-state index in [1.165, 1.54) is 7.11 Å². The molecular formula is C7H12N2O2. The van der Waals surface area contributed by atoms with Gasteiger partial charge in [-0.3, -0.25) is 0 Å². The van der Waals surface area contributed by atoms with Crippen LogP contribution in [0, 0.1) is 11.3 Å². The van der Waals surface area contributed by atoms with Gasteiger partial charge in [-0.15, -0.1) is 0 Å². The molecule has 0 saturated carbocycles. The van der Waals surface area contributed by atoms with Crippen LogP contribution in [0.3, 0.4) is 0 Å². The number of hydrogen-bond donors (Lipinski definition) is 1. The molecule has 0 aromatic heterocycles. The second kappa shape index (κ2) is 6.87. The number of nitriles is 1. The van der Waals surface area contributed by atoms with Crippen LogP contribution in [0.4, 0.5) is 4.79 Å². The van der Waals surface area contributed by atoms with Gasteiger partial charge < -0.3 is 10.1 Å². The fourth-order valence-corrected chi connectivity index (χ4v) is 0.592. The molecule has 1 amide bonds. The molecule has 0 spiro atoms. The van der Waals surface area contributed by atoms with E-state index in [2.05, 4.69) is 10.1 Å². The van der Waals surface area contributed by atoms with Gasteiger partial charge in [0, 0.05) is 13.0 Å². The van der Waals surface area contributed by atoms with Crippen molar-refractivity contribution in [1.29, 1.82) is 5.26 Å². The third-order valence-electron chi connectivity index (χ3n) is 1.17. The molecule has 0 aromatic carbocycles. The lowest BCUT2D eigenvalue weighted by molar-refractivity contribution is 0.171. The first kappa shape index (κ1) is 9.76. The SMILES string of the molecule is COC(=O)NCCCCC#N. The molecule has 11 heavy (non-hydrogen) atoms. The highest BCUT2D eigenvalue weighted by atomic mass is 16.5. The van der Waals surface area contributed by atoms with Crippen molar-refractivity contribution in [2.75, 3.05) is 13.7 Å². The molecule has 0 heterocycles. The molecule has 0 rings (SSSR count). The Morgan fingerprint density at radius 3 is 2.91 bits per heavy atom. The topological polar surface area (TPSA) is 62.1 Å². The standard InChI is InChI=1S/C7H12N2O2/c1-11-7(10)9-6-4-2-3-5-8/h2-4,6H2,1H3,(H,9,10). The van der Waals surface area contributed by atoms with E-state index in [4.69, 9.17) is 5.26 Å². The van der Waals surface area contributed by atoms with Gasteiger partial charge in [-0.2, -0.15) is 5.26 Å². The van der Waals surface area contributed by atoms with Crippen LogP contribution in [-0.4, -0.2) is 19.7 Å². The van der Waals surface area contributed by atoms with Gasteiger partial charge in [-0.05, 0) is 12.8 Å². The number of nitrogens with zero attached hydrogens (tertiary/aromatic N) is 1. The number of unbranched alkanes of at least 4 members (excludes halogenated alkanes) is 2. The number of amides is 1. The molecule has 0 radical (unpaired) electrons. The predicted octanol–water partition coefficient (Wildman–Crippen LogP) is 1.04. The first-order chi connectivity index (χ1) is 5.31. The zero-order chi connectivity index (χ0) is 8.53. The van der Waals surface area contributed by atoms with Crippen LogP contribution in [0.15, 0.2) is 0 Å². The molecule has 4 nitrogen and oxygen atoms in total. The van der Waals surface area contributed by atoms with Gasteiger partial charge in [-0.1, -0.05) is 0 Å². The summed E-state index contributed by atoms with van der Waals surface area (Å²) in [4.78, 5) is 10.4. The van der Waals surface area contributed by atoms with Gasteiger partial charge in [-0.25, -0.2) is 4.79 Å². The van der Waals surface area contributed by atoms with Gasteiger partial charge in [0.1, 0.15) is 0 Å². The molecule has 4 heteroatoms. The third-order valence-corrected chi connectivity index (χ3v) is 1.17. The van der Waals surface area contributed by atoms with E-state index < -0.39 is 6.09 Å². The maximum Gasteiger partial charge on any atom is 0.406 e. The van der Waals surface area contributed by atoms with E-state index in [0.29, 0.717) is 13.0 Å². The monoisotopic (exact) mass is 156 g/mol. The van der Waals surface area contributed by atoms with Crippen molar-refractivity contribution in [3.63, 3.8) is 0 Å². The third kappa shape index (κ3) is 6.65. The lowest BCUT2D eigenvalue weighted by Gasteiger charge is -2.00. The molecule has 0 aliphatic heterocycles. The molecule has 0 bridgehead atoms. The Hall–Kier alpha value is -1.24. The summed E-state index contributed by atoms with van der Waals surface area (Å²) in [5, 5.41) is 10.7. The normalized spacial score (nSPS) is 8.36. The predicted molar refractivity (Wildman–Crippen MR) is 39.9 cm³/mol. The van der Waals surface area contributed by atoms with E-state index in [1.54, 1.807) is 0 Å². The molecule has 0 atom stereocenters. The number of methoxy groups -OCH3 is 1. The largest absolute Gasteiger partial charge is 0.453 e. The van der Waals surface area contributed by atoms with Crippen molar-refractivity contribution >= 4 is 6.09 Å². The maximum absolute atomic E-state index is 10.4. The maximum atomic E-state index is 10.4. The molecule has 0 saturated heterocycles. The van der Waals surface area contributed by atoms with Crippen LogP contribution in [-0.2, 0) is 4.74 Å². The van der Waals surface area contributed by atoms with Gasteiger partial charge >= 0.3 is 6.09 Å². The lowest BCUT2D eigenvalue weighted by Crippen LogP contribution is -2.23. The van der Waals surface area contributed by atoms with Crippen LogP contribution < -0.4 is 5.32 Å². The Labute approximate surface area is 66.1 Å². The first-order valence-electron chi connectivity index (χ1n) is 3.50.